The molecule has 0 saturated carbocycles. The van der Waals surface area contributed by atoms with E-state index in [1.807, 2.05) is 13.8 Å². The molecule has 2 heterocycles. The Hall–Kier alpha value is -2.70. The maximum atomic E-state index is 13.3. The number of fused-ring (bicyclic) bond motifs is 3. The van der Waals surface area contributed by atoms with E-state index in [4.69, 9.17) is 0 Å². The summed E-state index contributed by atoms with van der Waals surface area (Å²) in [7, 11) is 0. The van der Waals surface area contributed by atoms with Crippen molar-refractivity contribution in [3.05, 3.63) is 46.8 Å². The molecule has 2 aromatic heterocycles. The molecule has 23 heavy (non-hydrogen) atoms. The lowest BCUT2D eigenvalue weighted by molar-refractivity contribution is -0.122. The minimum atomic E-state index is -0.386. The molecule has 0 unspecified atom stereocenters. The number of hydrogen-bond donors (Lipinski definition) is 1. The van der Waals surface area contributed by atoms with E-state index in [9.17, 15) is 14.0 Å². The van der Waals surface area contributed by atoms with Gasteiger partial charge in [0.15, 0.2) is 0 Å². The fourth-order valence-electron chi connectivity index (χ4n) is 2.47. The molecule has 0 aliphatic carbocycles. The van der Waals surface area contributed by atoms with Crippen LogP contribution in [0.15, 0.2) is 35.4 Å². The van der Waals surface area contributed by atoms with Crippen LogP contribution >= 0.6 is 0 Å². The number of rotatable bonds is 4. The number of halogens is 1. The van der Waals surface area contributed by atoms with E-state index in [0.717, 1.165) is 11.1 Å². The molecule has 0 fully saturated rings. The first-order valence-corrected chi connectivity index (χ1v) is 7.45. The molecule has 0 radical (unpaired) electrons. The van der Waals surface area contributed by atoms with Gasteiger partial charge in [-0.3, -0.25) is 14.0 Å². The van der Waals surface area contributed by atoms with Gasteiger partial charge in [-0.25, -0.2) is 9.07 Å². The van der Waals surface area contributed by atoms with Crippen LogP contribution in [-0.4, -0.2) is 26.1 Å². The molecule has 0 aliphatic rings. The van der Waals surface area contributed by atoms with Crippen LogP contribution in [-0.2, 0) is 11.3 Å². The zero-order chi connectivity index (χ0) is 16.6. The van der Waals surface area contributed by atoms with Crippen molar-refractivity contribution in [1.29, 1.82) is 0 Å². The number of hydrogen-bond acceptors (Lipinski definition) is 3. The topological polar surface area (TPSA) is 68.4 Å². The number of nitrogens with one attached hydrogen (secondary N) is 1. The largest absolute Gasteiger partial charge is 0.352 e. The van der Waals surface area contributed by atoms with Gasteiger partial charge in [-0.1, -0.05) is 6.92 Å². The second-order valence-corrected chi connectivity index (χ2v) is 5.57. The molecule has 0 spiro atoms. The molecule has 3 rings (SSSR count). The van der Waals surface area contributed by atoms with Gasteiger partial charge < -0.3 is 5.32 Å². The highest BCUT2D eigenvalue weighted by Gasteiger charge is 2.12. The summed E-state index contributed by atoms with van der Waals surface area (Å²) < 4.78 is 16.0. The van der Waals surface area contributed by atoms with Crippen LogP contribution in [0.5, 0.6) is 0 Å². The Balaban J connectivity index is 2.00. The van der Waals surface area contributed by atoms with Crippen LogP contribution in [0.25, 0.3) is 16.4 Å². The average Bonchev–Trinajstić information content (AvgIpc) is 2.88. The van der Waals surface area contributed by atoms with Gasteiger partial charge in [0.05, 0.1) is 5.52 Å². The highest BCUT2D eigenvalue weighted by Crippen LogP contribution is 2.18. The first-order chi connectivity index (χ1) is 11.0. The summed E-state index contributed by atoms with van der Waals surface area (Å²) in [5.74, 6) is -0.630. The van der Waals surface area contributed by atoms with Crippen LogP contribution in [0.3, 0.4) is 0 Å². The Labute approximate surface area is 131 Å². The van der Waals surface area contributed by atoms with Crippen molar-refractivity contribution in [2.75, 3.05) is 0 Å². The zero-order valence-electron chi connectivity index (χ0n) is 12.9. The Bertz CT molecular complexity index is 944. The monoisotopic (exact) mass is 316 g/mol. The second-order valence-electron chi connectivity index (χ2n) is 5.57. The Morgan fingerprint density at radius 3 is 2.87 bits per heavy atom. The van der Waals surface area contributed by atoms with E-state index in [0.29, 0.717) is 16.4 Å². The lowest BCUT2D eigenvalue weighted by atomic mass is 10.2. The predicted molar refractivity (Wildman–Crippen MR) is 84.8 cm³/mol. The lowest BCUT2D eigenvalue weighted by Crippen LogP contribution is -2.38. The van der Waals surface area contributed by atoms with Crippen molar-refractivity contribution in [2.45, 2.75) is 32.9 Å². The van der Waals surface area contributed by atoms with Crippen molar-refractivity contribution >= 4 is 22.3 Å². The van der Waals surface area contributed by atoms with Crippen LogP contribution in [0, 0.1) is 5.82 Å². The number of carbonyl (C=O) groups excluding carboxylic acids is 1. The second kappa shape index (κ2) is 5.83. The average molecular weight is 316 g/mol. The van der Waals surface area contributed by atoms with Gasteiger partial charge in [-0.15, -0.1) is 0 Å². The third-order valence-corrected chi connectivity index (χ3v) is 3.87. The molecular formula is C16H17FN4O2. The van der Waals surface area contributed by atoms with Crippen molar-refractivity contribution in [3.63, 3.8) is 0 Å². The highest BCUT2D eigenvalue weighted by molar-refractivity contribution is 5.86. The smallest absolute Gasteiger partial charge is 0.291 e. The fraction of sp³-hybridized carbons (Fsp3) is 0.312. The number of nitrogens with zero attached hydrogens (tertiary/aromatic N) is 3. The van der Waals surface area contributed by atoms with Gasteiger partial charge in [-0.05, 0) is 37.6 Å². The Morgan fingerprint density at radius 1 is 1.35 bits per heavy atom. The first-order valence-electron chi connectivity index (χ1n) is 7.45. The lowest BCUT2D eigenvalue weighted by Gasteiger charge is -2.11. The van der Waals surface area contributed by atoms with Gasteiger partial charge in [-0.2, -0.15) is 5.10 Å². The maximum Gasteiger partial charge on any atom is 0.291 e. The molecule has 120 valence electrons. The van der Waals surface area contributed by atoms with Crippen LogP contribution in [0.1, 0.15) is 20.3 Å². The van der Waals surface area contributed by atoms with Crippen molar-refractivity contribution < 1.29 is 9.18 Å². The summed E-state index contributed by atoms with van der Waals surface area (Å²) >= 11 is 0. The molecule has 0 bridgehead atoms. The number of carbonyl (C=O) groups is 1. The molecule has 1 aromatic carbocycles. The standard InChI is InChI=1S/C16H17FN4O2/c1-3-10(2)19-15(22)8-21-16(23)14-7-11-6-12(17)4-5-13(11)20(14)9-18-21/h4-7,9-10H,3,8H2,1-2H3,(H,19,22)/t10-/m1/s1. The van der Waals surface area contributed by atoms with E-state index in [2.05, 4.69) is 10.4 Å². The van der Waals surface area contributed by atoms with Gasteiger partial charge in [0.25, 0.3) is 5.56 Å². The minimum Gasteiger partial charge on any atom is -0.352 e. The molecule has 1 atom stereocenters. The third kappa shape index (κ3) is 2.81. The van der Waals surface area contributed by atoms with Gasteiger partial charge in [0, 0.05) is 11.4 Å². The summed E-state index contributed by atoms with van der Waals surface area (Å²) in [6.07, 6.45) is 2.27. The number of aromatic nitrogens is 3. The van der Waals surface area contributed by atoms with Gasteiger partial charge >= 0.3 is 0 Å². The molecule has 0 aliphatic heterocycles. The molecule has 0 saturated heterocycles. The predicted octanol–water partition coefficient (Wildman–Crippen LogP) is 1.70. The summed E-state index contributed by atoms with van der Waals surface area (Å²) in [4.78, 5) is 24.4. The SMILES string of the molecule is CC[C@@H](C)NC(=O)Cn1ncn2c(cc3cc(F)ccc32)c1=O. The van der Waals surface area contributed by atoms with Crippen LogP contribution in [0.4, 0.5) is 4.39 Å². The van der Waals surface area contributed by atoms with Crippen molar-refractivity contribution in [1.82, 2.24) is 19.5 Å². The van der Waals surface area contributed by atoms with Crippen LogP contribution < -0.4 is 10.9 Å². The van der Waals surface area contributed by atoms with E-state index in [1.165, 1.54) is 18.5 Å². The molecule has 1 amide bonds. The number of amides is 1. The van der Waals surface area contributed by atoms with E-state index >= 15 is 0 Å². The van der Waals surface area contributed by atoms with Crippen molar-refractivity contribution in [2.24, 2.45) is 0 Å². The molecule has 7 heteroatoms. The highest BCUT2D eigenvalue weighted by atomic mass is 19.1. The normalized spacial score (nSPS) is 12.7. The quantitative estimate of drug-likeness (QED) is 0.796. The molecular weight excluding hydrogens is 299 g/mol. The Morgan fingerprint density at radius 2 is 2.13 bits per heavy atom. The summed E-state index contributed by atoms with van der Waals surface area (Å²) in [5, 5.41) is 7.45. The molecule has 6 nitrogen and oxygen atoms in total. The number of benzene rings is 1. The summed E-state index contributed by atoms with van der Waals surface area (Å²) in [5.41, 5.74) is 0.669. The fourth-order valence-corrected chi connectivity index (χ4v) is 2.47. The van der Waals surface area contributed by atoms with Gasteiger partial charge in [0.1, 0.15) is 24.2 Å². The minimum absolute atomic E-state index is 0.0424. The summed E-state index contributed by atoms with van der Waals surface area (Å²) in [6.45, 7) is 3.72. The zero-order valence-corrected chi connectivity index (χ0v) is 12.9. The Kier molecular flexibility index (Phi) is 3.85. The van der Waals surface area contributed by atoms with Crippen molar-refractivity contribution in [3.8, 4) is 0 Å². The van der Waals surface area contributed by atoms with E-state index in [-0.39, 0.29) is 29.9 Å². The van der Waals surface area contributed by atoms with Gasteiger partial charge in [0.2, 0.25) is 5.91 Å². The van der Waals surface area contributed by atoms with E-state index in [1.54, 1.807) is 16.5 Å². The first kappa shape index (κ1) is 15.2. The van der Waals surface area contributed by atoms with E-state index < -0.39 is 0 Å². The maximum absolute atomic E-state index is 13.3. The van der Waals surface area contributed by atoms with Crippen LogP contribution in [0.2, 0.25) is 0 Å². The molecule has 1 N–H and O–H groups in total. The summed E-state index contributed by atoms with van der Waals surface area (Å²) in [6, 6.07) is 5.94. The molecule has 3 aromatic rings. The third-order valence-electron chi connectivity index (χ3n) is 3.87.